The molecule has 0 spiro atoms. The zero-order valence-corrected chi connectivity index (χ0v) is 14.0. The highest BCUT2D eigenvalue weighted by molar-refractivity contribution is 6.07. The minimum Gasteiger partial charge on any atom is -0.366 e. The van der Waals surface area contributed by atoms with Gasteiger partial charge in [0.15, 0.2) is 0 Å². The summed E-state index contributed by atoms with van der Waals surface area (Å²) in [5.74, 6) is -2.32. The topological polar surface area (TPSA) is 107 Å². The number of nitrogens with zero attached hydrogens (tertiary/aromatic N) is 2. The molecule has 0 fully saturated rings. The fourth-order valence-corrected chi connectivity index (χ4v) is 2.72. The summed E-state index contributed by atoms with van der Waals surface area (Å²) >= 11 is 0. The van der Waals surface area contributed by atoms with Crippen LogP contribution in [-0.4, -0.2) is 22.4 Å². The third kappa shape index (κ3) is 3.82. The van der Waals surface area contributed by atoms with Gasteiger partial charge in [-0.1, -0.05) is 36.4 Å². The van der Waals surface area contributed by atoms with Crippen LogP contribution in [-0.2, 0) is 6.18 Å². The molecule has 1 atom stereocenters. The number of carbonyl (C=O) groups is 1. The third-order valence-electron chi connectivity index (χ3n) is 3.99. The van der Waals surface area contributed by atoms with Crippen molar-refractivity contribution in [3.63, 3.8) is 0 Å². The number of halogens is 3. The van der Waals surface area contributed by atoms with Crippen LogP contribution in [0.1, 0.15) is 27.8 Å². The second-order valence-electron chi connectivity index (χ2n) is 5.80. The van der Waals surface area contributed by atoms with E-state index in [1.807, 2.05) is 6.07 Å². The maximum atomic E-state index is 13.3. The van der Waals surface area contributed by atoms with Gasteiger partial charge >= 0.3 is 6.18 Å². The molecule has 9 heteroatoms. The van der Waals surface area contributed by atoms with Crippen LogP contribution in [0.2, 0.25) is 0 Å². The van der Waals surface area contributed by atoms with E-state index in [9.17, 15) is 18.0 Å². The Hall–Kier alpha value is -3.20. The van der Waals surface area contributed by atoms with Gasteiger partial charge in [0.1, 0.15) is 5.82 Å². The Labute approximate surface area is 152 Å². The number of benzene rings is 2. The quantitative estimate of drug-likeness (QED) is 0.636. The zero-order valence-electron chi connectivity index (χ0n) is 14.0. The first-order valence-electron chi connectivity index (χ1n) is 8.00. The monoisotopic (exact) mass is 375 g/mol. The summed E-state index contributed by atoms with van der Waals surface area (Å²) in [6, 6.07) is 12.9. The molecule has 0 saturated carbocycles. The molecule has 0 radical (unpaired) electrons. The van der Waals surface area contributed by atoms with Crippen molar-refractivity contribution in [1.29, 1.82) is 0 Å². The fourth-order valence-electron chi connectivity index (χ4n) is 2.72. The second-order valence-corrected chi connectivity index (χ2v) is 5.80. The van der Waals surface area contributed by atoms with Crippen LogP contribution < -0.4 is 16.8 Å². The van der Waals surface area contributed by atoms with Gasteiger partial charge in [0, 0.05) is 11.9 Å². The lowest BCUT2D eigenvalue weighted by molar-refractivity contribution is -0.144. The maximum absolute atomic E-state index is 13.3. The standard InChI is InChI=1S/C18H16F3N5O/c19-18(20,21)17-25-14-11(15(23)27)7-4-8-12(14)16(26-17)24-13(9-22)10-5-2-1-3-6-10/h1-8,13H,9,22H2,(H2,23,27)(H,24,25,26)/t13-/m1/s1. The van der Waals surface area contributed by atoms with Gasteiger partial charge in [-0.15, -0.1) is 0 Å². The van der Waals surface area contributed by atoms with Gasteiger partial charge in [-0.25, -0.2) is 9.97 Å². The average molecular weight is 375 g/mol. The summed E-state index contributed by atoms with van der Waals surface area (Å²) in [6.45, 7) is 0.117. The predicted octanol–water partition coefficient (Wildman–Crippen LogP) is 2.86. The molecule has 5 N–H and O–H groups in total. The molecular weight excluding hydrogens is 359 g/mol. The first-order chi connectivity index (χ1) is 12.8. The SMILES string of the molecule is NC[C@@H](Nc1nc(C(F)(F)F)nc2c(C(N)=O)cccc12)c1ccccc1. The predicted molar refractivity (Wildman–Crippen MR) is 94.9 cm³/mol. The molecule has 1 heterocycles. The molecule has 6 nitrogen and oxygen atoms in total. The van der Waals surface area contributed by atoms with Crippen molar-refractivity contribution in [2.45, 2.75) is 12.2 Å². The molecule has 0 aliphatic rings. The van der Waals surface area contributed by atoms with Crippen LogP contribution in [0.5, 0.6) is 0 Å². The molecule has 3 rings (SSSR count). The van der Waals surface area contributed by atoms with Crippen molar-refractivity contribution < 1.29 is 18.0 Å². The Balaban J connectivity index is 2.18. The van der Waals surface area contributed by atoms with Crippen molar-refractivity contribution in [3.05, 3.63) is 65.5 Å². The van der Waals surface area contributed by atoms with Crippen molar-refractivity contribution in [3.8, 4) is 0 Å². The van der Waals surface area contributed by atoms with E-state index < -0.39 is 23.9 Å². The van der Waals surface area contributed by atoms with Crippen LogP contribution in [0.25, 0.3) is 10.9 Å². The Morgan fingerprint density at radius 3 is 2.37 bits per heavy atom. The molecule has 0 unspecified atom stereocenters. The summed E-state index contributed by atoms with van der Waals surface area (Å²) in [4.78, 5) is 18.8. The van der Waals surface area contributed by atoms with E-state index in [2.05, 4.69) is 15.3 Å². The van der Waals surface area contributed by atoms with Gasteiger partial charge in [0.25, 0.3) is 5.91 Å². The average Bonchev–Trinajstić information content (AvgIpc) is 2.65. The molecular formula is C18H16F3N5O. The lowest BCUT2D eigenvalue weighted by Gasteiger charge is -2.20. The Morgan fingerprint density at radius 1 is 1.07 bits per heavy atom. The summed E-state index contributed by atoms with van der Waals surface area (Å²) in [7, 11) is 0. The van der Waals surface area contributed by atoms with Gasteiger partial charge < -0.3 is 16.8 Å². The number of hydrogen-bond donors (Lipinski definition) is 3. The molecule has 3 aromatic rings. The van der Waals surface area contributed by atoms with Crippen LogP contribution in [0, 0.1) is 0 Å². The number of anilines is 1. The summed E-state index contributed by atoms with van der Waals surface area (Å²) in [6.07, 6.45) is -4.79. The number of primary amides is 1. The maximum Gasteiger partial charge on any atom is 0.451 e. The zero-order chi connectivity index (χ0) is 19.6. The number of alkyl halides is 3. The van der Waals surface area contributed by atoms with Gasteiger partial charge in [0.2, 0.25) is 5.82 Å². The normalized spacial score (nSPS) is 12.7. The second kappa shape index (κ2) is 7.20. The summed E-state index contributed by atoms with van der Waals surface area (Å²) in [5, 5.41) is 3.18. The number of hydrogen-bond acceptors (Lipinski definition) is 5. The third-order valence-corrected chi connectivity index (χ3v) is 3.99. The number of para-hydroxylation sites is 1. The molecule has 140 valence electrons. The van der Waals surface area contributed by atoms with Gasteiger partial charge in [-0.05, 0) is 17.7 Å². The van der Waals surface area contributed by atoms with Gasteiger partial charge in [0.05, 0.1) is 17.1 Å². The lowest BCUT2D eigenvalue weighted by Crippen LogP contribution is -2.23. The van der Waals surface area contributed by atoms with Crippen LogP contribution in [0.15, 0.2) is 48.5 Å². The number of aromatic nitrogens is 2. The van der Waals surface area contributed by atoms with E-state index >= 15 is 0 Å². The number of nitrogens with two attached hydrogens (primary N) is 2. The molecule has 2 aromatic carbocycles. The molecule has 1 amide bonds. The first kappa shape index (κ1) is 18.6. The van der Waals surface area contributed by atoms with E-state index in [4.69, 9.17) is 11.5 Å². The van der Waals surface area contributed by atoms with Crippen molar-refractivity contribution >= 4 is 22.6 Å². The summed E-state index contributed by atoms with van der Waals surface area (Å²) in [5.41, 5.74) is 11.6. The Kier molecular flexibility index (Phi) is 4.95. The number of carbonyl (C=O) groups excluding carboxylic acids is 1. The molecule has 0 aliphatic heterocycles. The number of fused-ring (bicyclic) bond motifs is 1. The van der Waals surface area contributed by atoms with Crippen LogP contribution >= 0.6 is 0 Å². The molecule has 0 bridgehead atoms. The van der Waals surface area contributed by atoms with Crippen LogP contribution in [0.3, 0.4) is 0 Å². The number of nitrogens with one attached hydrogen (secondary N) is 1. The fraction of sp³-hybridized carbons (Fsp3) is 0.167. The van der Waals surface area contributed by atoms with E-state index in [-0.39, 0.29) is 28.8 Å². The number of amides is 1. The minimum atomic E-state index is -4.79. The molecule has 0 saturated heterocycles. The highest BCUT2D eigenvalue weighted by Crippen LogP contribution is 2.32. The Bertz CT molecular complexity index is 976. The van der Waals surface area contributed by atoms with Crippen molar-refractivity contribution in [1.82, 2.24) is 9.97 Å². The van der Waals surface area contributed by atoms with E-state index in [1.54, 1.807) is 24.3 Å². The molecule has 27 heavy (non-hydrogen) atoms. The van der Waals surface area contributed by atoms with Gasteiger partial charge in [-0.2, -0.15) is 13.2 Å². The number of rotatable bonds is 5. The minimum absolute atomic E-state index is 0.0743. The highest BCUT2D eigenvalue weighted by atomic mass is 19.4. The van der Waals surface area contributed by atoms with Crippen LogP contribution in [0.4, 0.5) is 19.0 Å². The molecule has 1 aromatic heterocycles. The van der Waals surface area contributed by atoms with Gasteiger partial charge in [-0.3, -0.25) is 4.79 Å². The Morgan fingerprint density at radius 2 is 1.78 bits per heavy atom. The lowest BCUT2D eigenvalue weighted by atomic mass is 10.1. The van der Waals surface area contributed by atoms with E-state index in [1.165, 1.54) is 18.2 Å². The summed E-state index contributed by atoms with van der Waals surface area (Å²) < 4.78 is 39.8. The van der Waals surface area contributed by atoms with E-state index in [0.29, 0.717) is 0 Å². The molecule has 0 aliphatic carbocycles. The largest absolute Gasteiger partial charge is 0.451 e. The van der Waals surface area contributed by atoms with E-state index in [0.717, 1.165) is 5.56 Å². The van der Waals surface area contributed by atoms with Crippen molar-refractivity contribution in [2.24, 2.45) is 11.5 Å². The highest BCUT2D eigenvalue weighted by Gasteiger charge is 2.36. The smallest absolute Gasteiger partial charge is 0.366 e. The van der Waals surface area contributed by atoms with Crippen molar-refractivity contribution in [2.75, 3.05) is 11.9 Å². The first-order valence-corrected chi connectivity index (χ1v) is 8.00.